The molecule has 1 aromatic heterocycles. The molecule has 2 aliphatic rings. The average molecular weight is 277 g/mol. The van der Waals surface area contributed by atoms with Gasteiger partial charge in [0.2, 0.25) is 0 Å². The minimum Gasteiger partial charge on any atom is -0.468 e. The predicted molar refractivity (Wildman–Crippen MR) is 75.4 cm³/mol. The van der Waals surface area contributed by atoms with Gasteiger partial charge in [0.15, 0.2) is 0 Å². The van der Waals surface area contributed by atoms with Gasteiger partial charge in [-0.3, -0.25) is 14.8 Å². The zero-order valence-electron chi connectivity index (χ0n) is 12.3. The number of methoxy groups -OCH3 is 1. The third-order valence-electron chi connectivity index (χ3n) is 4.46. The highest BCUT2D eigenvalue weighted by Crippen LogP contribution is 2.38. The summed E-state index contributed by atoms with van der Waals surface area (Å²) in [6, 6.07) is 0.773. The van der Waals surface area contributed by atoms with Gasteiger partial charge in [-0.1, -0.05) is 0 Å². The summed E-state index contributed by atoms with van der Waals surface area (Å²) in [5.41, 5.74) is 0.646. The largest absolute Gasteiger partial charge is 0.468 e. The predicted octanol–water partition coefficient (Wildman–Crippen LogP) is 1.97. The summed E-state index contributed by atoms with van der Waals surface area (Å²) in [4.78, 5) is 12.3. The summed E-state index contributed by atoms with van der Waals surface area (Å²) >= 11 is 0. The summed E-state index contributed by atoms with van der Waals surface area (Å²) in [6.45, 7) is 2.04. The van der Waals surface area contributed by atoms with Crippen molar-refractivity contribution in [3.05, 3.63) is 18.0 Å². The number of carbonyl (C=O) groups is 1. The summed E-state index contributed by atoms with van der Waals surface area (Å²) in [5.74, 6) is -0.113. The van der Waals surface area contributed by atoms with Crippen LogP contribution < -0.4 is 5.32 Å². The van der Waals surface area contributed by atoms with E-state index in [2.05, 4.69) is 16.6 Å². The molecule has 3 rings (SSSR count). The number of hydrogen-bond donors (Lipinski definition) is 1. The molecule has 2 aliphatic carbocycles. The highest BCUT2D eigenvalue weighted by Gasteiger charge is 2.47. The summed E-state index contributed by atoms with van der Waals surface area (Å²) in [7, 11) is 1.49. The Balaban J connectivity index is 1.80. The fourth-order valence-corrected chi connectivity index (χ4v) is 3.29. The van der Waals surface area contributed by atoms with E-state index < -0.39 is 5.54 Å². The Labute approximate surface area is 119 Å². The molecule has 2 unspecified atom stereocenters. The van der Waals surface area contributed by atoms with E-state index in [-0.39, 0.29) is 12.0 Å². The molecule has 1 aromatic rings. The fourth-order valence-electron chi connectivity index (χ4n) is 3.29. The molecular formula is C15H23N3O2. The van der Waals surface area contributed by atoms with Gasteiger partial charge in [-0.05, 0) is 51.0 Å². The van der Waals surface area contributed by atoms with Crippen LogP contribution in [0.2, 0.25) is 0 Å². The van der Waals surface area contributed by atoms with E-state index in [1.807, 2.05) is 17.8 Å². The maximum atomic E-state index is 12.3. The molecule has 2 fully saturated rings. The molecule has 0 aliphatic heterocycles. The summed E-state index contributed by atoms with van der Waals surface area (Å²) < 4.78 is 7.09. The van der Waals surface area contributed by atoms with Crippen LogP contribution in [0.5, 0.6) is 0 Å². The maximum Gasteiger partial charge on any atom is 0.326 e. The Hall–Kier alpha value is -1.36. The molecule has 0 saturated heterocycles. The molecule has 0 bridgehead atoms. The lowest BCUT2D eigenvalue weighted by Crippen LogP contribution is -2.56. The number of carbonyl (C=O) groups excluding carboxylic acids is 1. The minimum absolute atomic E-state index is 0.113. The Bertz CT molecular complexity index is 495. The zero-order chi connectivity index (χ0) is 14.2. The van der Waals surface area contributed by atoms with Crippen LogP contribution in [0.4, 0.5) is 0 Å². The molecule has 20 heavy (non-hydrogen) atoms. The van der Waals surface area contributed by atoms with Gasteiger partial charge in [-0.15, -0.1) is 0 Å². The Morgan fingerprint density at radius 1 is 1.50 bits per heavy atom. The number of esters is 1. The molecular weight excluding hydrogens is 254 g/mol. The van der Waals surface area contributed by atoms with Crippen molar-refractivity contribution in [3.63, 3.8) is 0 Å². The quantitative estimate of drug-likeness (QED) is 0.855. The summed E-state index contributed by atoms with van der Waals surface area (Å²) in [6.07, 6.45) is 10.0. The number of hydrogen-bond acceptors (Lipinski definition) is 4. The van der Waals surface area contributed by atoms with Crippen LogP contribution in [0.1, 0.15) is 50.1 Å². The standard InChI is InChI=1S/C15H23N3O2/c1-11-9-16-18(10-11)13-4-3-7-15(8-13,14(19)20-2)17-12-5-6-12/h9-10,12-13,17H,3-8H2,1-2H3. The third kappa shape index (κ3) is 2.59. The van der Waals surface area contributed by atoms with Crippen LogP contribution in [0.3, 0.4) is 0 Å². The number of rotatable bonds is 4. The highest BCUT2D eigenvalue weighted by molar-refractivity contribution is 5.81. The Morgan fingerprint density at radius 2 is 2.30 bits per heavy atom. The SMILES string of the molecule is COC(=O)C1(NC2CC2)CCCC(n2cc(C)cn2)C1. The van der Waals surface area contributed by atoms with Crippen molar-refractivity contribution in [2.45, 2.75) is 63.1 Å². The van der Waals surface area contributed by atoms with Crippen LogP contribution in [0, 0.1) is 6.92 Å². The van der Waals surface area contributed by atoms with E-state index in [0.717, 1.165) is 31.2 Å². The van der Waals surface area contributed by atoms with Crippen LogP contribution in [-0.2, 0) is 9.53 Å². The second kappa shape index (κ2) is 5.20. The number of aromatic nitrogens is 2. The third-order valence-corrected chi connectivity index (χ3v) is 4.46. The lowest BCUT2D eigenvalue weighted by molar-refractivity contribution is -0.151. The van der Waals surface area contributed by atoms with Gasteiger partial charge in [0.05, 0.1) is 19.3 Å². The van der Waals surface area contributed by atoms with E-state index in [1.54, 1.807) is 0 Å². The zero-order valence-corrected chi connectivity index (χ0v) is 12.3. The van der Waals surface area contributed by atoms with Gasteiger partial charge in [0.25, 0.3) is 0 Å². The van der Waals surface area contributed by atoms with Gasteiger partial charge in [0.1, 0.15) is 5.54 Å². The highest BCUT2D eigenvalue weighted by atomic mass is 16.5. The lowest BCUT2D eigenvalue weighted by atomic mass is 9.78. The van der Waals surface area contributed by atoms with Crippen molar-refractivity contribution in [1.82, 2.24) is 15.1 Å². The number of nitrogens with one attached hydrogen (secondary N) is 1. The van der Waals surface area contributed by atoms with E-state index in [1.165, 1.54) is 20.0 Å². The van der Waals surface area contributed by atoms with Crippen LogP contribution in [-0.4, -0.2) is 34.4 Å². The summed E-state index contributed by atoms with van der Waals surface area (Å²) in [5, 5.41) is 7.97. The Morgan fingerprint density at radius 3 is 2.90 bits per heavy atom. The molecule has 0 aromatic carbocycles. The van der Waals surface area contributed by atoms with Gasteiger partial charge < -0.3 is 4.74 Å². The molecule has 1 heterocycles. The first kappa shape index (κ1) is 13.6. The van der Waals surface area contributed by atoms with Gasteiger partial charge in [0, 0.05) is 12.2 Å². The van der Waals surface area contributed by atoms with Crippen molar-refractivity contribution < 1.29 is 9.53 Å². The van der Waals surface area contributed by atoms with Crippen molar-refractivity contribution >= 4 is 5.97 Å². The van der Waals surface area contributed by atoms with Crippen molar-refractivity contribution in [1.29, 1.82) is 0 Å². The van der Waals surface area contributed by atoms with Crippen molar-refractivity contribution in [2.75, 3.05) is 7.11 Å². The van der Waals surface area contributed by atoms with Crippen LogP contribution in [0.15, 0.2) is 12.4 Å². The number of ether oxygens (including phenoxy) is 1. The van der Waals surface area contributed by atoms with E-state index in [0.29, 0.717) is 6.04 Å². The number of aryl methyl sites for hydroxylation is 1. The Kier molecular flexibility index (Phi) is 3.54. The van der Waals surface area contributed by atoms with Crippen molar-refractivity contribution in [3.8, 4) is 0 Å². The fraction of sp³-hybridized carbons (Fsp3) is 0.733. The maximum absolute atomic E-state index is 12.3. The molecule has 5 heteroatoms. The topological polar surface area (TPSA) is 56.1 Å². The van der Waals surface area contributed by atoms with Gasteiger partial charge in [-0.2, -0.15) is 5.10 Å². The molecule has 0 radical (unpaired) electrons. The van der Waals surface area contributed by atoms with E-state index in [9.17, 15) is 4.79 Å². The molecule has 110 valence electrons. The lowest BCUT2D eigenvalue weighted by Gasteiger charge is -2.39. The van der Waals surface area contributed by atoms with Gasteiger partial charge >= 0.3 is 5.97 Å². The second-order valence-corrected chi connectivity index (χ2v) is 6.24. The van der Waals surface area contributed by atoms with Crippen molar-refractivity contribution in [2.24, 2.45) is 0 Å². The molecule has 2 saturated carbocycles. The minimum atomic E-state index is -0.515. The number of nitrogens with zero attached hydrogens (tertiary/aromatic N) is 2. The van der Waals surface area contributed by atoms with E-state index in [4.69, 9.17) is 4.74 Å². The van der Waals surface area contributed by atoms with Crippen LogP contribution >= 0.6 is 0 Å². The first-order valence-corrected chi connectivity index (χ1v) is 7.50. The molecule has 1 N–H and O–H groups in total. The van der Waals surface area contributed by atoms with Gasteiger partial charge in [-0.25, -0.2) is 0 Å². The first-order chi connectivity index (χ1) is 9.63. The normalized spacial score (nSPS) is 30.2. The molecule has 0 spiro atoms. The average Bonchev–Trinajstić information content (AvgIpc) is 3.16. The van der Waals surface area contributed by atoms with Crippen LogP contribution in [0.25, 0.3) is 0 Å². The first-order valence-electron chi connectivity index (χ1n) is 7.50. The molecule has 0 amide bonds. The second-order valence-electron chi connectivity index (χ2n) is 6.24. The van der Waals surface area contributed by atoms with E-state index >= 15 is 0 Å². The molecule has 2 atom stereocenters. The molecule has 5 nitrogen and oxygen atoms in total. The monoisotopic (exact) mass is 277 g/mol. The smallest absolute Gasteiger partial charge is 0.326 e.